The van der Waals surface area contributed by atoms with Crippen LogP contribution in [0.5, 0.6) is 0 Å². The Hall–Kier alpha value is -1.49. The van der Waals surface area contributed by atoms with E-state index < -0.39 is 11.6 Å². The number of anilines is 1. The van der Waals surface area contributed by atoms with Crippen molar-refractivity contribution in [3.63, 3.8) is 0 Å². The van der Waals surface area contributed by atoms with Gasteiger partial charge in [0.1, 0.15) is 11.6 Å². The molecule has 0 radical (unpaired) electrons. The molecule has 1 aliphatic rings. The maximum absolute atomic E-state index is 13.4. The Kier molecular flexibility index (Phi) is 3.91. The number of nitrogens with two attached hydrogens (primary N) is 1. The molecular weight excluding hydrogens is 238 g/mol. The van der Waals surface area contributed by atoms with Gasteiger partial charge in [0.25, 0.3) is 0 Å². The quantitative estimate of drug-likeness (QED) is 0.851. The third kappa shape index (κ3) is 2.85. The van der Waals surface area contributed by atoms with E-state index in [0.29, 0.717) is 6.42 Å². The molecule has 1 aromatic rings. The Morgan fingerprint density at radius 1 is 1.28 bits per heavy atom. The SMILES string of the molecule is NC1CCCCC1C(=O)Nc1cc(F)ccc1F. The molecule has 18 heavy (non-hydrogen) atoms. The summed E-state index contributed by atoms with van der Waals surface area (Å²) in [7, 11) is 0. The van der Waals surface area contributed by atoms with Gasteiger partial charge in [-0.1, -0.05) is 12.8 Å². The van der Waals surface area contributed by atoms with Gasteiger partial charge in [-0.25, -0.2) is 8.78 Å². The zero-order chi connectivity index (χ0) is 13.1. The zero-order valence-electron chi connectivity index (χ0n) is 9.96. The number of carbonyl (C=O) groups excluding carboxylic acids is 1. The van der Waals surface area contributed by atoms with Gasteiger partial charge < -0.3 is 11.1 Å². The molecule has 0 spiro atoms. The van der Waals surface area contributed by atoms with Gasteiger partial charge in [-0.15, -0.1) is 0 Å². The van der Waals surface area contributed by atoms with Crippen molar-refractivity contribution in [1.82, 2.24) is 0 Å². The molecule has 1 aliphatic carbocycles. The van der Waals surface area contributed by atoms with Crippen LogP contribution in [0.1, 0.15) is 25.7 Å². The first-order valence-electron chi connectivity index (χ1n) is 6.09. The summed E-state index contributed by atoms with van der Waals surface area (Å²) in [6, 6.07) is 2.78. The molecule has 0 aromatic heterocycles. The molecule has 1 saturated carbocycles. The molecule has 2 atom stereocenters. The summed E-state index contributed by atoms with van der Waals surface area (Å²) in [6.07, 6.45) is 3.45. The van der Waals surface area contributed by atoms with Crippen molar-refractivity contribution in [3.05, 3.63) is 29.8 Å². The third-order valence-corrected chi connectivity index (χ3v) is 3.34. The van der Waals surface area contributed by atoms with Crippen molar-refractivity contribution < 1.29 is 13.6 Å². The first-order chi connectivity index (χ1) is 8.58. The second-order valence-corrected chi connectivity index (χ2v) is 4.67. The molecule has 5 heteroatoms. The second-order valence-electron chi connectivity index (χ2n) is 4.67. The van der Waals surface area contributed by atoms with E-state index in [4.69, 9.17) is 5.73 Å². The van der Waals surface area contributed by atoms with Gasteiger partial charge in [0, 0.05) is 12.1 Å². The van der Waals surface area contributed by atoms with Crippen LogP contribution in [0, 0.1) is 17.6 Å². The lowest BCUT2D eigenvalue weighted by Crippen LogP contribution is -2.40. The number of benzene rings is 1. The molecule has 1 amide bonds. The van der Waals surface area contributed by atoms with Crippen molar-refractivity contribution >= 4 is 11.6 Å². The summed E-state index contributed by atoms with van der Waals surface area (Å²) in [5, 5.41) is 2.42. The van der Waals surface area contributed by atoms with Gasteiger partial charge in [0.15, 0.2) is 0 Å². The second kappa shape index (κ2) is 5.44. The molecule has 2 unspecified atom stereocenters. The Morgan fingerprint density at radius 2 is 2.00 bits per heavy atom. The summed E-state index contributed by atoms with van der Waals surface area (Å²) in [5.41, 5.74) is 5.75. The fourth-order valence-electron chi connectivity index (χ4n) is 2.30. The van der Waals surface area contributed by atoms with E-state index in [1.165, 1.54) is 0 Å². The molecule has 0 heterocycles. The standard InChI is InChI=1S/C13H16F2N2O/c14-8-5-6-10(15)12(7-8)17-13(18)9-3-1-2-4-11(9)16/h5-7,9,11H,1-4,16H2,(H,17,18). The molecule has 3 nitrogen and oxygen atoms in total. The first kappa shape index (κ1) is 13.0. The molecule has 1 aromatic carbocycles. The van der Waals surface area contributed by atoms with E-state index in [9.17, 15) is 13.6 Å². The van der Waals surface area contributed by atoms with Crippen LogP contribution in [-0.2, 0) is 4.79 Å². The van der Waals surface area contributed by atoms with Crippen molar-refractivity contribution in [3.8, 4) is 0 Å². The molecule has 1 fully saturated rings. The van der Waals surface area contributed by atoms with Crippen molar-refractivity contribution in [2.45, 2.75) is 31.7 Å². The van der Waals surface area contributed by atoms with Gasteiger partial charge in [0.2, 0.25) is 5.91 Å². The van der Waals surface area contributed by atoms with E-state index in [-0.39, 0.29) is 23.6 Å². The average molecular weight is 254 g/mol. The van der Waals surface area contributed by atoms with E-state index in [0.717, 1.165) is 37.5 Å². The number of hydrogen-bond donors (Lipinski definition) is 2. The topological polar surface area (TPSA) is 55.1 Å². The van der Waals surface area contributed by atoms with Gasteiger partial charge in [-0.3, -0.25) is 4.79 Å². The highest BCUT2D eigenvalue weighted by molar-refractivity contribution is 5.93. The van der Waals surface area contributed by atoms with Crippen LogP contribution < -0.4 is 11.1 Å². The fourth-order valence-corrected chi connectivity index (χ4v) is 2.30. The molecule has 98 valence electrons. The van der Waals surface area contributed by atoms with Crippen LogP contribution in [0.15, 0.2) is 18.2 Å². The Labute approximate surface area is 104 Å². The highest BCUT2D eigenvalue weighted by atomic mass is 19.1. The number of carbonyl (C=O) groups is 1. The Morgan fingerprint density at radius 3 is 2.72 bits per heavy atom. The Balaban J connectivity index is 2.08. The van der Waals surface area contributed by atoms with Gasteiger partial charge in [0.05, 0.1) is 11.6 Å². The molecular formula is C13H16F2N2O. The van der Waals surface area contributed by atoms with Crippen LogP contribution in [0.25, 0.3) is 0 Å². The van der Waals surface area contributed by atoms with Gasteiger partial charge in [-0.2, -0.15) is 0 Å². The van der Waals surface area contributed by atoms with Crippen LogP contribution in [0.3, 0.4) is 0 Å². The number of rotatable bonds is 2. The zero-order valence-corrected chi connectivity index (χ0v) is 9.96. The van der Waals surface area contributed by atoms with Crippen LogP contribution in [0.4, 0.5) is 14.5 Å². The smallest absolute Gasteiger partial charge is 0.229 e. The lowest BCUT2D eigenvalue weighted by atomic mass is 9.84. The summed E-state index contributed by atoms with van der Waals surface area (Å²) >= 11 is 0. The van der Waals surface area contributed by atoms with E-state index in [1.807, 2.05) is 0 Å². The fraction of sp³-hybridized carbons (Fsp3) is 0.462. The third-order valence-electron chi connectivity index (χ3n) is 3.34. The monoisotopic (exact) mass is 254 g/mol. The number of halogens is 2. The Bertz CT molecular complexity index is 451. The minimum atomic E-state index is -0.644. The average Bonchev–Trinajstić information content (AvgIpc) is 2.34. The van der Waals surface area contributed by atoms with Crippen LogP contribution in [-0.4, -0.2) is 11.9 Å². The van der Waals surface area contributed by atoms with E-state index in [2.05, 4.69) is 5.32 Å². The predicted octanol–water partition coefficient (Wildman–Crippen LogP) is 2.42. The number of nitrogens with one attached hydrogen (secondary N) is 1. The highest BCUT2D eigenvalue weighted by Gasteiger charge is 2.28. The lowest BCUT2D eigenvalue weighted by Gasteiger charge is -2.27. The summed E-state index contributed by atoms with van der Waals surface area (Å²) in [5.74, 6) is -1.87. The lowest BCUT2D eigenvalue weighted by molar-refractivity contribution is -0.121. The maximum Gasteiger partial charge on any atom is 0.229 e. The van der Waals surface area contributed by atoms with Gasteiger partial charge >= 0.3 is 0 Å². The normalized spacial score (nSPS) is 23.7. The maximum atomic E-state index is 13.4. The summed E-state index contributed by atoms with van der Waals surface area (Å²) in [4.78, 5) is 12.0. The molecule has 0 aliphatic heterocycles. The van der Waals surface area contributed by atoms with Crippen LogP contribution >= 0.6 is 0 Å². The summed E-state index contributed by atoms with van der Waals surface area (Å²) < 4.78 is 26.4. The van der Waals surface area contributed by atoms with Crippen LogP contribution in [0.2, 0.25) is 0 Å². The summed E-state index contributed by atoms with van der Waals surface area (Å²) in [6.45, 7) is 0. The van der Waals surface area contributed by atoms with Crippen molar-refractivity contribution in [1.29, 1.82) is 0 Å². The first-order valence-corrected chi connectivity index (χ1v) is 6.09. The highest BCUT2D eigenvalue weighted by Crippen LogP contribution is 2.25. The largest absolute Gasteiger partial charge is 0.327 e. The van der Waals surface area contributed by atoms with E-state index >= 15 is 0 Å². The predicted molar refractivity (Wildman–Crippen MR) is 64.9 cm³/mol. The molecule has 0 saturated heterocycles. The van der Waals surface area contributed by atoms with Crippen molar-refractivity contribution in [2.75, 3.05) is 5.32 Å². The molecule has 2 rings (SSSR count). The minimum Gasteiger partial charge on any atom is -0.327 e. The number of amides is 1. The minimum absolute atomic E-state index is 0.127. The molecule has 3 N–H and O–H groups in total. The number of hydrogen-bond acceptors (Lipinski definition) is 2. The van der Waals surface area contributed by atoms with Crippen molar-refractivity contribution in [2.24, 2.45) is 11.7 Å². The van der Waals surface area contributed by atoms with E-state index in [1.54, 1.807) is 0 Å². The molecule has 0 bridgehead atoms. The van der Waals surface area contributed by atoms with Gasteiger partial charge in [-0.05, 0) is 25.0 Å².